The molecule has 0 heterocycles. The van der Waals surface area contributed by atoms with Crippen LogP contribution < -0.4 is 4.72 Å². The van der Waals surface area contributed by atoms with E-state index >= 15 is 0 Å². The number of hydrogen-bond donors (Lipinski definition) is 1. The number of halogens is 5. The summed E-state index contributed by atoms with van der Waals surface area (Å²) >= 11 is 0. The molecule has 0 radical (unpaired) electrons. The molecule has 114 valence electrons. The summed E-state index contributed by atoms with van der Waals surface area (Å²) in [5, 5.41) is 0. The van der Waals surface area contributed by atoms with E-state index in [9.17, 15) is 30.4 Å². The maximum absolute atomic E-state index is 13.6. The van der Waals surface area contributed by atoms with E-state index in [0.29, 0.717) is 0 Å². The van der Waals surface area contributed by atoms with Gasteiger partial charge in [-0.2, -0.15) is 0 Å². The van der Waals surface area contributed by atoms with E-state index in [2.05, 4.69) is 0 Å². The van der Waals surface area contributed by atoms with Gasteiger partial charge in [0.25, 0.3) is 6.43 Å². The van der Waals surface area contributed by atoms with Crippen LogP contribution in [0, 0.1) is 24.4 Å². The van der Waals surface area contributed by atoms with Crippen molar-refractivity contribution in [1.82, 2.24) is 4.72 Å². The number of sulfonamides is 1. The van der Waals surface area contributed by atoms with Crippen LogP contribution in [0.25, 0.3) is 0 Å². The standard InChI is InChI=1S/C11H12F5NO2S/c1-4(2)17-20(18,19)10-6(11(15)16)5(3)7(12)8(13)9(10)14/h4,11,17H,1-3H3. The largest absolute Gasteiger partial charge is 0.265 e. The maximum Gasteiger partial charge on any atom is 0.265 e. The molecule has 0 bridgehead atoms. The fourth-order valence-corrected chi connectivity index (χ4v) is 3.26. The Morgan fingerprint density at radius 1 is 1.00 bits per heavy atom. The Kier molecular flexibility index (Phi) is 4.75. The van der Waals surface area contributed by atoms with Gasteiger partial charge in [0, 0.05) is 11.6 Å². The third kappa shape index (κ3) is 2.93. The van der Waals surface area contributed by atoms with E-state index in [0.717, 1.165) is 6.92 Å². The number of nitrogens with one attached hydrogen (secondary N) is 1. The number of hydrogen-bond acceptors (Lipinski definition) is 2. The molecule has 9 heteroatoms. The Bertz CT molecular complexity index is 628. The minimum Gasteiger partial charge on any atom is -0.209 e. The summed E-state index contributed by atoms with van der Waals surface area (Å²) in [6, 6.07) is -0.738. The quantitative estimate of drug-likeness (QED) is 0.685. The van der Waals surface area contributed by atoms with Crippen molar-refractivity contribution in [2.75, 3.05) is 0 Å². The lowest BCUT2D eigenvalue weighted by Crippen LogP contribution is -2.32. The normalized spacial score (nSPS) is 12.5. The Morgan fingerprint density at radius 2 is 1.50 bits per heavy atom. The first-order chi connectivity index (χ1) is 9.00. The van der Waals surface area contributed by atoms with Gasteiger partial charge in [0.05, 0.1) is 0 Å². The van der Waals surface area contributed by atoms with Crippen molar-refractivity contribution in [1.29, 1.82) is 0 Å². The number of rotatable bonds is 4. The lowest BCUT2D eigenvalue weighted by atomic mass is 10.1. The number of alkyl halides is 2. The summed E-state index contributed by atoms with van der Waals surface area (Å²) < 4.78 is 91.5. The van der Waals surface area contributed by atoms with Crippen LogP contribution in [0.2, 0.25) is 0 Å². The molecule has 0 saturated carbocycles. The van der Waals surface area contributed by atoms with E-state index in [1.54, 1.807) is 0 Å². The Morgan fingerprint density at radius 3 is 1.90 bits per heavy atom. The van der Waals surface area contributed by atoms with Crippen LogP contribution in [0.15, 0.2) is 4.90 Å². The summed E-state index contributed by atoms with van der Waals surface area (Å²) in [5.41, 5.74) is -2.32. The van der Waals surface area contributed by atoms with Crippen LogP contribution in [-0.4, -0.2) is 14.5 Å². The molecule has 0 aliphatic rings. The zero-order chi connectivity index (χ0) is 15.8. The van der Waals surface area contributed by atoms with Gasteiger partial charge in [0.1, 0.15) is 4.90 Å². The summed E-state index contributed by atoms with van der Waals surface area (Å²) in [5.74, 6) is -6.09. The van der Waals surface area contributed by atoms with Crippen LogP contribution >= 0.6 is 0 Å². The molecule has 0 saturated heterocycles. The smallest absolute Gasteiger partial charge is 0.209 e. The van der Waals surface area contributed by atoms with E-state index in [1.165, 1.54) is 13.8 Å². The molecule has 0 aliphatic heterocycles. The van der Waals surface area contributed by atoms with Gasteiger partial charge in [-0.1, -0.05) is 0 Å². The lowest BCUT2D eigenvalue weighted by molar-refractivity contribution is 0.144. The SMILES string of the molecule is Cc1c(F)c(F)c(F)c(S(=O)(=O)NC(C)C)c1C(F)F. The Balaban J connectivity index is 3.78. The Hall–Kier alpha value is -1.22. The van der Waals surface area contributed by atoms with Gasteiger partial charge in [0.15, 0.2) is 17.5 Å². The second-order valence-electron chi connectivity index (χ2n) is 4.39. The summed E-state index contributed by atoms with van der Waals surface area (Å²) in [6.45, 7) is 3.49. The molecular formula is C11H12F5NO2S. The third-order valence-electron chi connectivity index (χ3n) is 2.44. The topological polar surface area (TPSA) is 46.2 Å². The van der Waals surface area contributed by atoms with Crippen molar-refractivity contribution in [2.24, 2.45) is 0 Å². The average molecular weight is 317 g/mol. The molecule has 0 spiro atoms. The monoisotopic (exact) mass is 317 g/mol. The lowest BCUT2D eigenvalue weighted by Gasteiger charge is -2.17. The van der Waals surface area contributed by atoms with Crippen molar-refractivity contribution < 1.29 is 30.4 Å². The van der Waals surface area contributed by atoms with E-state index < -0.39 is 56.0 Å². The third-order valence-corrected chi connectivity index (χ3v) is 4.16. The van der Waals surface area contributed by atoms with Crippen LogP contribution in [0.1, 0.15) is 31.4 Å². The molecule has 0 aromatic heterocycles. The predicted molar refractivity (Wildman–Crippen MR) is 61.5 cm³/mol. The van der Waals surface area contributed by atoms with Gasteiger partial charge in [-0.05, 0) is 26.3 Å². The molecule has 0 amide bonds. The highest BCUT2D eigenvalue weighted by Crippen LogP contribution is 2.34. The van der Waals surface area contributed by atoms with Gasteiger partial charge >= 0.3 is 0 Å². The fraction of sp³-hybridized carbons (Fsp3) is 0.455. The molecule has 0 fully saturated rings. The molecule has 0 unspecified atom stereocenters. The molecule has 0 atom stereocenters. The highest BCUT2D eigenvalue weighted by Gasteiger charge is 2.34. The number of benzene rings is 1. The molecule has 20 heavy (non-hydrogen) atoms. The predicted octanol–water partition coefficient (Wildman–Crippen LogP) is 3.04. The average Bonchev–Trinajstić information content (AvgIpc) is 2.28. The van der Waals surface area contributed by atoms with Gasteiger partial charge in [-0.25, -0.2) is 35.1 Å². The van der Waals surface area contributed by atoms with Gasteiger partial charge < -0.3 is 0 Å². The second kappa shape index (κ2) is 5.65. The first kappa shape index (κ1) is 16.8. The van der Waals surface area contributed by atoms with Gasteiger partial charge in [0.2, 0.25) is 10.0 Å². The molecule has 1 N–H and O–H groups in total. The minimum atomic E-state index is -4.74. The van der Waals surface area contributed by atoms with E-state index in [4.69, 9.17) is 0 Å². The van der Waals surface area contributed by atoms with E-state index in [1.807, 2.05) is 4.72 Å². The molecule has 3 nitrogen and oxygen atoms in total. The fourth-order valence-electron chi connectivity index (χ4n) is 1.66. The molecule has 1 aromatic carbocycles. The first-order valence-electron chi connectivity index (χ1n) is 5.48. The summed E-state index contributed by atoms with van der Waals surface area (Å²) in [7, 11) is -4.74. The van der Waals surface area contributed by atoms with E-state index in [-0.39, 0.29) is 0 Å². The second-order valence-corrected chi connectivity index (χ2v) is 6.04. The maximum atomic E-state index is 13.6. The minimum absolute atomic E-state index is 0.738. The van der Waals surface area contributed by atoms with Crippen molar-refractivity contribution in [3.63, 3.8) is 0 Å². The highest BCUT2D eigenvalue weighted by atomic mass is 32.2. The molecule has 0 aliphatic carbocycles. The van der Waals surface area contributed by atoms with Crippen molar-refractivity contribution in [2.45, 2.75) is 38.1 Å². The Labute approximate surface area is 112 Å². The van der Waals surface area contributed by atoms with Gasteiger partial charge in [-0.15, -0.1) is 0 Å². The molecular weight excluding hydrogens is 305 g/mol. The molecule has 1 rings (SSSR count). The summed E-state index contributed by atoms with van der Waals surface area (Å²) in [6.07, 6.45) is -3.47. The molecule has 1 aromatic rings. The van der Waals surface area contributed by atoms with Gasteiger partial charge in [-0.3, -0.25) is 0 Å². The summed E-state index contributed by atoms with van der Waals surface area (Å²) in [4.78, 5) is -1.56. The van der Waals surface area contributed by atoms with Crippen LogP contribution in [-0.2, 0) is 10.0 Å². The van der Waals surface area contributed by atoms with Crippen molar-refractivity contribution >= 4 is 10.0 Å². The highest BCUT2D eigenvalue weighted by molar-refractivity contribution is 7.89. The van der Waals surface area contributed by atoms with Crippen LogP contribution in [0.3, 0.4) is 0 Å². The van der Waals surface area contributed by atoms with Crippen molar-refractivity contribution in [3.8, 4) is 0 Å². The first-order valence-corrected chi connectivity index (χ1v) is 6.96. The zero-order valence-corrected chi connectivity index (χ0v) is 11.6. The zero-order valence-electron chi connectivity index (χ0n) is 10.8. The van der Waals surface area contributed by atoms with Crippen LogP contribution in [0.5, 0.6) is 0 Å². The van der Waals surface area contributed by atoms with Crippen LogP contribution in [0.4, 0.5) is 22.0 Å². The van der Waals surface area contributed by atoms with Crippen molar-refractivity contribution in [3.05, 3.63) is 28.6 Å².